The van der Waals surface area contributed by atoms with E-state index in [-0.39, 0.29) is 17.6 Å². The summed E-state index contributed by atoms with van der Waals surface area (Å²) in [6, 6.07) is 8.71. The first kappa shape index (κ1) is 16.7. The lowest BCUT2D eigenvalue weighted by Crippen LogP contribution is -2.31. The summed E-state index contributed by atoms with van der Waals surface area (Å²) in [5.74, 6) is 0.519. The Bertz CT molecular complexity index is 1040. The molecule has 0 aliphatic carbocycles. The minimum atomic E-state index is -0.116. The second-order valence-electron chi connectivity index (χ2n) is 6.48. The van der Waals surface area contributed by atoms with Crippen molar-refractivity contribution in [1.82, 2.24) is 18.2 Å². The molecule has 8 heteroatoms. The molecule has 0 saturated carbocycles. The van der Waals surface area contributed by atoms with Crippen LogP contribution in [0.5, 0.6) is 5.75 Å². The Morgan fingerprint density at radius 1 is 1.23 bits per heavy atom. The Labute approximate surface area is 154 Å². The molecule has 1 unspecified atom stereocenters. The van der Waals surface area contributed by atoms with Crippen LogP contribution in [0.1, 0.15) is 22.5 Å². The number of nitrogens with zero attached hydrogens (tertiary/aromatic N) is 4. The molecule has 0 N–H and O–H groups in total. The molecule has 0 spiro atoms. The number of pyridine rings is 1. The third-order valence-corrected chi connectivity index (χ3v) is 5.27. The van der Waals surface area contributed by atoms with Crippen LogP contribution < -0.4 is 10.3 Å². The number of carbonyl (C=O) groups excluding carboxylic acids is 1. The van der Waals surface area contributed by atoms with Crippen molar-refractivity contribution in [2.75, 3.05) is 13.1 Å². The Morgan fingerprint density at radius 3 is 2.85 bits per heavy atom. The third kappa shape index (κ3) is 3.08. The van der Waals surface area contributed by atoms with Gasteiger partial charge in [-0.3, -0.25) is 9.59 Å². The lowest BCUT2D eigenvalue weighted by Gasteiger charge is -2.18. The largest absolute Gasteiger partial charge is 0.488 e. The number of fused-ring (bicyclic) bond motifs is 1. The zero-order valence-corrected chi connectivity index (χ0v) is 15.3. The number of likely N-dealkylation sites (tertiary alicyclic amines) is 1. The third-order valence-electron chi connectivity index (χ3n) is 4.71. The van der Waals surface area contributed by atoms with E-state index in [0.717, 1.165) is 34.9 Å². The van der Waals surface area contributed by atoms with Crippen LogP contribution in [0, 0.1) is 6.92 Å². The average Bonchev–Trinajstić information content (AvgIpc) is 3.27. The van der Waals surface area contributed by atoms with Crippen molar-refractivity contribution in [1.29, 1.82) is 0 Å². The van der Waals surface area contributed by atoms with Gasteiger partial charge in [-0.1, -0.05) is 0 Å². The van der Waals surface area contributed by atoms with E-state index in [0.29, 0.717) is 24.4 Å². The number of amides is 1. The number of aryl methyl sites for hydroxylation is 1. The number of hydrogen-bond donors (Lipinski definition) is 0. The molecule has 1 aromatic carbocycles. The zero-order chi connectivity index (χ0) is 18.3. The lowest BCUT2D eigenvalue weighted by atomic mass is 10.2. The van der Waals surface area contributed by atoms with E-state index in [1.807, 2.05) is 19.1 Å². The summed E-state index contributed by atoms with van der Waals surface area (Å²) in [4.78, 5) is 26.4. The van der Waals surface area contributed by atoms with Crippen LogP contribution in [-0.4, -0.2) is 43.3 Å². The maximum Gasteiger partial charge on any atom is 0.254 e. The topological polar surface area (TPSA) is 77.3 Å². The summed E-state index contributed by atoms with van der Waals surface area (Å²) < 4.78 is 15.8. The molecule has 3 heterocycles. The summed E-state index contributed by atoms with van der Waals surface area (Å²) in [5.41, 5.74) is 2.88. The van der Waals surface area contributed by atoms with Crippen molar-refractivity contribution >= 4 is 28.7 Å². The van der Waals surface area contributed by atoms with E-state index in [4.69, 9.17) is 4.74 Å². The van der Waals surface area contributed by atoms with Crippen LogP contribution in [0.4, 0.5) is 0 Å². The number of carbonyl (C=O) groups is 1. The first-order chi connectivity index (χ1) is 12.5. The maximum absolute atomic E-state index is 12.7. The predicted molar refractivity (Wildman–Crippen MR) is 98.8 cm³/mol. The molecule has 134 valence electrons. The highest BCUT2D eigenvalue weighted by Gasteiger charge is 2.28. The van der Waals surface area contributed by atoms with Crippen molar-refractivity contribution in [3.63, 3.8) is 0 Å². The molecule has 1 aliphatic heterocycles. The SMILES string of the molecule is Cc1cc(OC2CCN(C(=O)c3ccc4nsnc4c3)C2)cc(=O)n1C. The fraction of sp³-hybridized carbons (Fsp3) is 0.333. The van der Waals surface area contributed by atoms with E-state index < -0.39 is 0 Å². The molecule has 7 nitrogen and oxygen atoms in total. The first-order valence-electron chi connectivity index (χ1n) is 8.37. The summed E-state index contributed by atoms with van der Waals surface area (Å²) in [5, 5.41) is 0. The highest BCUT2D eigenvalue weighted by molar-refractivity contribution is 7.00. The molecule has 1 aliphatic rings. The van der Waals surface area contributed by atoms with E-state index in [1.54, 1.807) is 28.6 Å². The fourth-order valence-corrected chi connectivity index (χ4v) is 3.62. The molecular formula is C18H18N4O3S. The minimum absolute atomic E-state index is 0.0360. The Kier molecular flexibility index (Phi) is 4.20. The predicted octanol–water partition coefficient (Wildman–Crippen LogP) is 1.99. The maximum atomic E-state index is 12.7. The van der Waals surface area contributed by atoms with Gasteiger partial charge in [0, 0.05) is 37.3 Å². The van der Waals surface area contributed by atoms with Gasteiger partial charge in [0.2, 0.25) is 0 Å². The summed E-state index contributed by atoms with van der Waals surface area (Å²) >= 11 is 1.14. The molecule has 3 aromatic rings. The van der Waals surface area contributed by atoms with E-state index >= 15 is 0 Å². The summed E-state index contributed by atoms with van der Waals surface area (Å²) in [6.07, 6.45) is 0.621. The van der Waals surface area contributed by atoms with Gasteiger partial charge in [-0.05, 0) is 31.2 Å². The van der Waals surface area contributed by atoms with Gasteiger partial charge in [0.1, 0.15) is 22.9 Å². The van der Waals surface area contributed by atoms with E-state index in [2.05, 4.69) is 8.75 Å². The van der Waals surface area contributed by atoms with Gasteiger partial charge in [-0.2, -0.15) is 8.75 Å². The van der Waals surface area contributed by atoms with Crippen molar-refractivity contribution in [2.24, 2.45) is 7.05 Å². The van der Waals surface area contributed by atoms with Crippen molar-refractivity contribution < 1.29 is 9.53 Å². The normalized spacial score (nSPS) is 17.0. The second kappa shape index (κ2) is 6.53. The number of aromatic nitrogens is 3. The standard InChI is InChI=1S/C18H18N4O3S/c1-11-7-14(9-17(23)21(11)2)25-13-5-6-22(10-13)18(24)12-3-4-15-16(8-12)20-26-19-15/h3-4,7-9,13H,5-6,10H2,1-2H3. The molecule has 1 saturated heterocycles. The molecule has 4 rings (SSSR count). The van der Waals surface area contributed by atoms with E-state index in [1.165, 1.54) is 6.07 Å². The minimum Gasteiger partial charge on any atom is -0.488 e. The van der Waals surface area contributed by atoms with Crippen LogP contribution in [0.25, 0.3) is 11.0 Å². The van der Waals surface area contributed by atoms with Gasteiger partial charge in [-0.15, -0.1) is 0 Å². The molecule has 26 heavy (non-hydrogen) atoms. The highest BCUT2D eigenvalue weighted by Crippen LogP contribution is 2.21. The van der Waals surface area contributed by atoms with Gasteiger partial charge in [0.25, 0.3) is 11.5 Å². The van der Waals surface area contributed by atoms with Gasteiger partial charge in [0.15, 0.2) is 0 Å². The summed E-state index contributed by atoms with van der Waals surface area (Å²) in [6.45, 7) is 2.99. The quantitative estimate of drug-likeness (QED) is 0.705. The van der Waals surface area contributed by atoms with Crippen LogP contribution >= 0.6 is 11.7 Å². The number of rotatable bonds is 3. The monoisotopic (exact) mass is 370 g/mol. The molecule has 1 amide bonds. The second-order valence-corrected chi connectivity index (χ2v) is 7.01. The first-order valence-corrected chi connectivity index (χ1v) is 9.10. The Hall–Kier alpha value is -2.74. The zero-order valence-electron chi connectivity index (χ0n) is 14.5. The van der Waals surface area contributed by atoms with Gasteiger partial charge in [-0.25, -0.2) is 0 Å². The number of benzene rings is 1. The van der Waals surface area contributed by atoms with Crippen molar-refractivity contribution in [3.8, 4) is 5.75 Å². The molecule has 2 aromatic heterocycles. The van der Waals surface area contributed by atoms with Crippen molar-refractivity contribution in [3.05, 3.63) is 51.9 Å². The van der Waals surface area contributed by atoms with Crippen molar-refractivity contribution in [2.45, 2.75) is 19.4 Å². The van der Waals surface area contributed by atoms with Crippen LogP contribution in [-0.2, 0) is 7.05 Å². The summed E-state index contributed by atoms with van der Waals surface area (Å²) in [7, 11) is 1.73. The molecule has 0 radical (unpaired) electrons. The lowest BCUT2D eigenvalue weighted by molar-refractivity contribution is 0.0772. The van der Waals surface area contributed by atoms with Gasteiger partial charge >= 0.3 is 0 Å². The molecular weight excluding hydrogens is 352 g/mol. The van der Waals surface area contributed by atoms with Crippen LogP contribution in [0.15, 0.2) is 35.1 Å². The molecule has 0 bridgehead atoms. The molecule has 1 fully saturated rings. The smallest absolute Gasteiger partial charge is 0.254 e. The molecule has 1 atom stereocenters. The Balaban J connectivity index is 1.46. The van der Waals surface area contributed by atoms with Crippen LogP contribution in [0.2, 0.25) is 0 Å². The Morgan fingerprint density at radius 2 is 2.04 bits per heavy atom. The van der Waals surface area contributed by atoms with Gasteiger partial charge < -0.3 is 14.2 Å². The fourth-order valence-electron chi connectivity index (χ4n) is 3.10. The number of ether oxygens (including phenoxy) is 1. The van der Waals surface area contributed by atoms with E-state index in [9.17, 15) is 9.59 Å². The highest BCUT2D eigenvalue weighted by atomic mass is 32.1. The number of hydrogen-bond acceptors (Lipinski definition) is 6. The van der Waals surface area contributed by atoms with Gasteiger partial charge in [0.05, 0.1) is 18.3 Å². The average molecular weight is 370 g/mol. The van der Waals surface area contributed by atoms with Crippen LogP contribution in [0.3, 0.4) is 0 Å².